The van der Waals surface area contributed by atoms with Gasteiger partial charge in [-0.2, -0.15) is 4.98 Å². The third-order valence-corrected chi connectivity index (χ3v) is 7.45. The number of anilines is 1. The molecule has 5 rings (SSSR count). The number of ether oxygens (including phenoxy) is 2. The second-order valence-corrected chi connectivity index (χ2v) is 10.9. The van der Waals surface area contributed by atoms with Crippen LogP contribution in [0, 0.1) is 0 Å². The van der Waals surface area contributed by atoms with E-state index in [1.54, 1.807) is 16.8 Å². The molecule has 0 saturated carbocycles. The average Bonchev–Trinajstić information content (AvgIpc) is 3.33. The summed E-state index contributed by atoms with van der Waals surface area (Å²) < 4.78 is 13.4. The van der Waals surface area contributed by atoms with Crippen LogP contribution in [0.4, 0.5) is 5.95 Å². The minimum Gasteiger partial charge on any atom is -0.489 e. The molecule has 10 heteroatoms. The van der Waals surface area contributed by atoms with Crippen LogP contribution in [0.15, 0.2) is 89.2 Å². The summed E-state index contributed by atoms with van der Waals surface area (Å²) >= 11 is 13.8. The summed E-state index contributed by atoms with van der Waals surface area (Å²) in [6, 6.07) is 21.9. The molecule has 7 nitrogen and oxygen atoms in total. The molecule has 4 aromatic rings. The maximum Gasteiger partial charge on any atom is 0.338 e. The molecular weight excluding hydrogens is 555 g/mol. The molecule has 1 N–H and O–H groups in total. The van der Waals surface area contributed by atoms with E-state index < -0.39 is 12.0 Å². The SMILES string of the molecule is CCSc1nc2n(n1)C(c1ccc(OCc3ccc(Cl)cc3Cl)cc1)C(C(=O)OCc1ccccc1)=C(C)N2. The van der Waals surface area contributed by atoms with Crippen molar-refractivity contribution in [3.8, 4) is 5.75 Å². The number of rotatable bonds is 9. The van der Waals surface area contributed by atoms with Gasteiger partial charge in [-0.05, 0) is 48.1 Å². The number of hydrogen-bond donors (Lipinski definition) is 1. The van der Waals surface area contributed by atoms with E-state index in [4.69, 9.17) is 37.8 Å². The zero-order chi connectivity index (χ0) is 27.4. The molecule has 39 heavy (non-hydrogen) atoms. The lowest BCUT2D eigenvalue weighted by atomic mass is 9.95. The number of fused-ring (bicyclic) bond motifs is 1. The van der Waals surface area contributed by atoms with Gasteiger partial charge in [0.05, 0.1) is 5.57 Å². The lowest BCUT2D eigenvalue weighted by Gasteiger charge is -2.28. The van der Waals surface area contributed by atoms with Gasteiger partial charge in [0.1, 0.15) is 25.0 Å². The molecule has 1 aliphatic heterocycles. The fourth-order valence-corrected chi connectivity index (χ4v) is 5.26. The van der Waals surface area contributed by atoms with E-state index >= 15 is 0 Å². The van der Waals surface area contributed by atoms with Gasteiger partial charge in [0.2, 0.25) is 11.1 Å². The van der Waals surface area contributed by atoms with Crippen molar-refractivity contribution in [3.63, 3.8) is 0 Å². The van der Waals surface area contributed by atoms with Crippen LogP contribution in [0.3, 0.4) is 0 Å². The van der Waals surface area contributed by atoms with E-state index in [2.05, 4.69) is 10.3 Å². The first-order chi connectivity index (χ1) is 18.9. The standard InChI is InChI=1S/C29H26Cl2N4O3S/c1-3-39-29-33-28-32-18(2)25(27(36)38-16-19-7-5-4-6-8-19)26(35(28)34-29)20-10-13-23(14-11-20)37-17-21-9-12-22(30)15-24(21)31/h4-15,26H,3,16-17H2,1-2H3,(H,32,33,34). The molecule has 200 valence electrons. The van der Waals surface area contributed by atoms with Crippen molar-refractivity contribution in [2.45, 2.75) is 38.3 Å². The maximum absolute atomic E-state index is 13.5. The van der Waals surface area contributed by atoms with E-state index in [-0.39, 0.29) is 6.61 Å². The summed E-state index contributed by atoms with van der Waals surface area (Å²) in [6.07, 6.45) is 0. The Morgan fingerprint density at radius 3 is 2.54 bits per heavy atom. The molecule has 1 aromatic heterocycles. The van der Waals surface area contributed by atoms with Crippen LogP contribution in [-0.4, -0.2) is 26.5 Å². The zero-order valence-corrected chi connectivity index (χ0v) is 23.7. The number of carbonyl (C=O) groups is 1. The summed E-state index contributed by atoms with van der Waals surface area (Å²) in [6.45, 7) is 4.36. The first-order valence-corrected chi connectivity index (χ1v) is 14.1. The predicted octanol–water partition coefficient (Wildman–Crippen LogP) is 7.31. The van der Waals surface area contributed by atoms with Crippen LogP contribution >= 0.6 is 35.0 Å². The first kappa shape index (κ1) is 27.1. The van der Waals surface area contributed by atoms with Gasteiger partial charge in [-0.1, -0.05) is 90.4 Å². The van der Waals surface area contributed by atoms with Gasteiger partial charge in [0, 0.05) is 21.3 Å². The second-order valence-electron chi connectivity index (χ2n) is 8.82. The number of allylic oxidation sites excluding steroid dienone is 1. The van der Waals surface area contributed by atoms with Gasteiger partial charge in [0.25, 0.3) is 0 Å². The van der Waals surface area contributed by atoms with Crippen LogP contribution in [-0.2, 0) is 22.7 Å². The normalized spacial score (nSPS) is 14.5. The molecule has 0 amide bonds. The van der Waals surface area contributed by atoms with Crippen LogP contribution in [0.2, 0.25) is 10.0 Å². The molecule has 0 spiro atoms. The van der Waals surface area contributed by atoms with Crippen LogP contribution in [0.25, 0.3) is 0 Å². The molecule has 1 unspecified atom stereocenters. The molecule has 0 aliphatic carbocycles. The van der Waals surface area contributed by atoms with Crippen molar-refractivity contribution < 1.29 is 14.3 Å². The van der Waals surface area contributed by atoms with Crippen molar-refractivity contribution >= 4 is 46.9 Å². The predicted molar refractivity (Wildman–Crippen MR) is 154 cm³/mol. The Balaban J connectivity index is 1.41. The summed E-state index contributed by atoms with van der Waals surface area (Å²) in [5.41, 5.74) is 3.73. The number of nitrogens with one attached hydrogen (secondary N) is 1. The third kappa shape index (κ3) is 6.24. The van der Waals surface area contributed by atoms with Gasteiger partial charge >= 0.3 is 5.97 Å². The lowest BCUT2D eigenvalue weighted by Crippen LogP contribution is -2.29. The van der Waals surface area contributed by atoms with E-state index in [0.717, 1.165) is 22.4 Å². The van der Waals surface area contributed by atoms with Gasteiger partial charge in [-0.15, -0.1) is 5.10 Å². The van der Waals surface area contributed by atoms with E-state index in [1.807, 2.05) is 74.5 Å². The summed E-state index contributed by atoms with van der Waals surface area (Å²) in [7, 11) is 0. The number of halogens is 2. The topological polar surface area (TPSA) is 78.3 Å². The van der Waals surface area contributed by atoms with Crippen LogP contribution < -0.4 is 10.1 Å². The maximum atomic E-state index is 13.5. The Morgan fingerprint density at radius 2 is 1.82 bits per heavy atom. The number of benzene rings is 3. The molecule has 0 saturated heterocycles. The zero-order valence-electron chi connectivity index (χ0n) is 21.4. The van der Waals surface area contributed by atoms with Crippen molar-refractivity contribution in [3.05, 3.63) is 111 Å². The number of carbonyl (C=O) groups excluding carboxylic acids is 1. The molecule has 0 radical (unpaired) electrons. The van der Waals surface area contributed by atoms with Crippen molar-refractivity contribution in [2.24, 2.45) is 0 Å². The smallest absolute Gasteiger partial charge is 0.338 e. The largest absolute Gasteiger partial charge is 0.489 e. The van der Waals surface area contributed by atoms with Crippen molar-refractivity contribution in [2.75, 3.05) is 11.1 Å². The van der Waals surface area contributed by atoms with E-state index in [9.17, 15) is 4.79 Å². The number of thioether (sulfide) groups is 1. The Bertz CT molecular complexity index is 1510. The fourth-order valence-electron chi connectivity index (χ4n) is 4.24. The molecule has 3 aromatic carbocycles. The molecule has 1 atom stereocenters. The fraction of sp³-hybridized carbons (Fsp3) is 0.207. The Morgan fingerprint density at radius 1 is 1.05 bits per heavy atom. The Kier molecular flexibility index (Phi) is 8.45. The summed E-state index contributed by atoms with van der Waals surface area (Å²) in [4.78, 5) is 18.1. The highest BCUT2D eigenvalue weighted by Gasteiger charge is 2.35. The van der Waals surface area contributed by atoms with Crippen LogP contribution in [0.1, 0.15) is 36.6 Å². The number of nitrogens with zero attached hydrogens (tertiary/aromatic N) is 3. The highest BCUT2D eigenvalue weighted by Crippen LogP contribution is 2.37. The molecule has 0 fully saturated rings. The van der Waals surface area contributed by atoms with Crippen molar-refractivity contribution in [1.29, 1.82) is 0 Å². The quantitative estimate of drug-likeness (QED) is 0.164. The minimum atomic E-state index is -0.525. The average molecular weight is 582 g/mol. The third-order valence-electron chi connectivity index (χ3n) is 6.14. The van der Waals surface area contributed by atoms with Crippen molar-refractivity contribution in [1.82, 2.24) is 14.8 Å². The molecular formula is C29H26Cl2N4O3S. The number of esters is 1. The molecule has 1 aliphatic rings. The first-order valence-electron chi connectivity index (χ1n) is 12.4. The van der Waals surface area contributed by atoms with Gasteiger partial charge < -0.3 is 14.8 Å². The summed E-state index contributed by atoms with van der Waals surface area (Å²) in [5.74, 6) is 1.65. The molecule has 0 bridgehead atoms. The van der Waals surface area contributed by atoms with Gasteiger partial charge in [-0.25, -0.2) is 9.48 Å². The van der Waals surface area contributed by atoms with E-state index in [1.165, 1.54) is 11.8 Å². The Hall–Kier alpha value is -3.46. The second kappa shape index (κ2) is 12.2. The lowest BCUT2D eigenvalue weighted by molar-refractivity contribution is -0.140. The highest BCUT2D eigenvalue weighted by atomic mass is 35.5. The van der Waals surface area contributed by atoms with Gasteiger partial charge in [0.15, 0.2) is 0 Å². The number of hydrogen-bond acceptors (Lipinski definition) is 7. The van der Waals surface area contributed by atoms with E-state index in [0.29, 0.717) is 44.8 Å². The Labute approximate surface area is 241 Å². The molecule has 2 heterocycles. The summed E-state index contributed by atoms with van der Waals surface area (Å²) in [5, 5.41) is 9.70. The highest BCUT2D eigenvalue weighted by molar-refractivity contribution is 7.99. The minimum absolute atomic E-state index is 0.171. The van der Waals surface area contributed by atoms with Crippen LogP contribution in [0.5, 0.6) is 5.75 Å². The number of aromatic nitrogens is 3. The van der Waals surface area contributed by atoms with Gasteiger partial charge in [-0.3, -0.25) is 0 Å². The monoisotopic (exact) mass is 580 g/mol.